The second kappa shape index (κ2) is 13.9. The van der Waals surface area contributed by atoms with Gasteiger partial charge in [-0.05, 0) is 58.9 Å². The van der Waals surface area contributed by atoms with Crippen LogP contribution in [0.15, 0.2) is 79.1 Å². The van der Waals surface area contributed by atoms with Gasteiger partial charge in [-0.1, -0.05) is 79.9 Å². The van der Waals surface area contributed by atoms with Gasteiger partial charge in [-0.25, -0.2) is 9.78 Å². The Morgan fingerprint density at radius 1 is 0.881 bits per heavy atom. The smallest absolute Gasteiger partial charge is 0.332 e. The maximum absolute atomic E-state index is 11.9. The van der Waals surface area contributed by atoms with Crippen molar-refractivity contribution >= 4 is 5.97 Å². The monoisotopic (exact) mass is 565 g/mol. The first-order valence-electron chi connectivity index (χ1n) is 15.4. The van der Waals surface area contributed by atoms with Gasteiger partial charge < -0.3 is 14.0 Å². The largest absolute Gasteiger partial charge is 0.458 e. The molecule has 4 aromatic rings. The number of hydrogen-bond acceptors (Lipinski definition) is 5. The lowest BCUT2D eigenvalue weighted by Gasteiger charge is -2.25. The fourth-order valence-corrected chi connectivity index (χ4v) is 5.73. The molecule has 0 N–H and O–H groups in total. The summed E-state index contributed by atoms with van der Waals surface area (Å²) in [6, 6.07) is 23.4. The van der Waals surface area contributed by atoms with Crippen molar-refractivity contribution in [1.82, 2.24) is 14.5 Å². The predicted octanol–water partition coefficient (Wildman–Crippen LogP) is 8.47. The van der Waals surface area contributed by atoms with Crippen molar-refractivity contribution in [2.45, 2.75) is 83.8 Å². The molecule has 0 aliphatic heterocycles. The zero-order valence-electron chi connectivity index (χ0n) is 25.2. The number of carbonyl (C=O) groups is 1. The van der Waals surface area contributed by atoms with E-state index in [2.05, 4.69) is 41.1 Å². The summed E-state index contributed by atoms with van der Waals surface area (Å²) in [5.74, 6) is -0.312. The molecule has 0 spiro atoms. The highest BCUT2D eigenvalue weighted by Gasteiger charge is 2.21. The van der Waals surface area contributed by atoms with Crippen LogP contribution in [0.2, 0.25) is 0 Å². The summed E-state index contributed by atoms with van der Waals surface area (Å²) < 4.78 is 13.4. The second-order valence-electron chi connectivity index (χ2n) is 12.2. The molecule has 6 heteroatoms. The summed E-state index contributed by atoms with van der Waals surface area (Å²) in [5, 5.41) is 0. The zero-order chi connectivity index (χ0) is 29.4. The first kappa shape index (κ1) is 29.7. The minimum atomic E-state index is -0.489. The number of benzene rings is 2. The Labute approximate surface area is 250 Å². The summed E-state index contributed by atoms with van der Waals surface area (Å²) in [6.07, 6.45) is 13.3. The number of aromatic nitrogens is 3. The molecule has 0 unspecified atom stereocenters. The third-order valence-corrected chi connectivity index (χ3v) is 7.67. The van der Waals surface area contributed by atoms with Crippen LogP contribution in [0.25, 0.3) is 33.8 Å². The van der Waals surface area contributed by atoms with Crippen molar-refractivity contribution in [2.75, 3.05) is 13.2 Å². The van der Waals surface area contributed by atoms with E-state index in [-0.39, 0.29) is 12.6 Å². The summed E-state index contributed by atoms with van der Waals surface area (Å²) >= 11 is 0. The highest BCUT2D eigenvalue weighted by molar-refractivity contribution is 5.79. The van der Waals surface area contributed by atoms with Crippen molar-refractivity contribution in [1.29, 1.82) is 0 Å². The lowest BCUT2D eigenvalue weighted by Crippen LogP contribution is -2.26. The number of hydrogen-bond donors (Lipinski definition) is 0. The van der Waals surface area contributed by atoms with E-state index in [0.29, 0.717) is 12.6 Å². The van der Waals surface area contributed by atoms with Crippen LogP contribution in [0.1, 0.15) is 77.5 Å². The minimum absolute atomic E-state index is 0.00125. The fraction of sp³-hybridized carbons (Fsp3) is 0.417. The number of unbranched alkanes of at least 4 members (excludes halogenated alkanes) is 1. The first-order valence-corrected chi connectivity index (χ1v) is 15.4. The molecule has 1 aliphatic carbocycles. The molecule has 2 heterocycles. The second-order valence-corrected chi connectivity index (χ2v) is 12.2. The Bertz CT molecular complexity index is 1440. The van der Waals surface area contributed by atoms with Crippen molar-refractivity contribution in [3.05, 3.63) is 84.8 Å². The van der Waals surface area contributed by atoms with E-state index in [1.54, 1.807) is 0 Å². The van der Waals surface area contributed by atoms with E-state index in [4.69, 9.17) is 19.4 Å². The highest BCUT2D eigenvalue weighted by Crippen LogP contribution is 2.35. The van der Waals surface area contributed by atoms with Crippen LogP contribution < -0.4 is 0 Å². The van der Waals surface area contributed by atoms with E-state index >= 15 is 0 Å². The molecule has 5 rings (SSSR count). The molecule has 0 bridgehead atoms. The van der Waals surface area contributed by atoms with E-state index in [0.717, 1.165) is 53.0 Å². The van der Waals surface area contributed by atoms with Crippen LogP contribution in [0.5, 0.6) is 0 Å². The number of ether oxygens (including phenoxy) is 2. The number of aryl methyl sites for hydroxylation is 1. The molecule has 1 fully saturated rings. The van der Waals surface area contributed by atoms with E-state index < -0.39 is 5.60 Å². The Hall–Kier alpha value is -3.77. The molecule has 0 amide bonds. The third-order valence-electron chi connectivity index (χ3n) is 7.67. The van der Waals surface area contributed by atoms with Crippen molar-refractivity contribution in [2.24, 2.45) is 0 Å². The van der Waals surface area contributed by atoms with E-state index in [1.165, 1.54) is 37.8 Å². The lowest BCUT2D eigenvalue weighted by atomic mass is 9.95. The summed E-state index contributed by atoms with van der Waals surface area (Å²) in [7, 11) is 0. The molecule has 220 valence electrons. The van der Waals surface area contributed by atoms with E-state index in [9.17, 15) is 4.79 Å². The minimum Gasteiger partial charge on any atom is -0.458 e. The Morgan fingerprint density at radius 3 is 2.21 bits per heavy atom. The van der Waals surface area contributed by atoms with Crippen molar-refractivity contribution < 1.29 is 14.3 Å². The van der Waals surface area contributed by atoms with Gasteiger partial charge in [0.15, 0.2) is 0 Å². The molecule has 2 aromatic carbocycles. The maximum Gasteiger partial charge on any atom is 0.332 e. The van der Waals surface area contributed by atoms with Gasteiger partial charge in [-0.3, -0.25) is 4.98 Å². The van der Waals surface area contributed by atoms with Gasteiger partial charge in [0.2, 0.25) is 0 Å². The Morgan fingerprint density at radius 2 is 1.55 bits per heavy atom. The molecule has 1 saturated carbocycles. The quantitative estimate of drug-likeness (QED) is 0.135. The molecular formula is C36H43N3O3. The van der Waals surface area contributed by atoms with Crippen LogP contribution in [0, 0.1) is 0 Å². The van der Waals surface area contributed by atoms with Crippen LogP contribution in [0.4, 0.5) is 0 Å². The topological polar surface area (TPSA) is 66.2 Å². The Balaban J connectivity index is 1.35. The van der Waals surface area contributed by atoms with Gasteiger partial charge in [-0.2, -0.15) is 0 Å². The van der Waals surface area contributed by atoms with Crippen molar-refractivity contribution in [3.63, 3.8) is 0 Å². The average Bonchev–Trinajstić information content (AvgIpc) is 3.43. The molecule has 42 heavy (non-hydrogen) atoms. The Kier molecular flexibility index (Phi) is 9.85. The first-order chi connectivity index (χ1) is 20.4. The zero-order valence-corrected chi connectivity index (χ0v) is 25.2. The predicted molar refractivity (Wildman–Crippen MR) is 168 cm³/mol. The molecule has 2 aromatic heterocycles. The van der Waals surface area contributed by atoms with Gasteiger partial charge >= 0.3 is 5.97 Å². The van der Waals surface area contributed by atoms with Crippen molar-refractivity contribution in [3.8, 4) is 33.8 Å². The average molecular weight is 566 g/mol. The normalized spacial score (nSPS) is 14.2. The summed E-state index contributed by atoms with van der Waals surface area (Å²) in [6.45, 7) is 6.15. The number of carbonyl (C=O) groups excluding carboxylic acids is 1. The van der Waals surface area contributed by atoms with Crippen LogP contribution >= 0.6 is 0 Å². The van der Waals surface area contributed by atoms with Gasteiger partial charge in [0.05, 0.1) is 23.3 Å². The third kappa shape index (κ3) is 7.95. The van der Waals surface area contributed by atoms with Crippen LogP contribution in [-0.4, -0.2) is 39.3 Å². The molecular weight excluding hydrogens is 522 g/mol. The van der Waals surface area contributed by atoms with Crippen LogP contribution in [-0.2, 0) is 20.7 Å². The SMILES string of the molecule is CC(C)(C)OC(=O)COCCCCc1cc(-c2cnc(-c3ccccc3)c(-c3ccccc3)n2)cn1C1CCCCC1. The van der Waals surface area contributed by atoms with Crippen LogP contribution in [0.3, 0.4) is 0 Å². The number of rotatable bonds is 11. The lowest BCUT2D eigenvalue weighted by molar-refractivity contribution is -0.160. The fourth-order valence-electron chi connectivity index (χ4n) is 5.73. The number of esters is 1. The van der Waals surface area contributed by atoms with Gasteiger partial charge in [0.1, 0.15) is 12.2 Å². The van der Waals surface area contributed by atoms with Gasteiger partial charge in [-0.15, -0.1) is 0 Å². The molecule has 0 radical (unpaired) electrons. The van der Waals surface area contributed by atoms with Gasteiger partial charge in [0, 0.05) is 41.2 Å². The maximum atomic E-state index is 11.9. The standard InChI is InChI=1S/C36H43N3O3/c1-36(2,3)42-33(40)26-41-22-14-13-21-31-23-29(25-39(31)30-19-11-6-12-20-30)32-24-37-34(27-15-7-4-8-16-27)35(38-32)28-17-9-5-10-18-28/h4-5,7-10,15-18,23-25,30H,6,11-14,19-22,26H2,1-3H3. The van der Waals surface area contributed by atoms with Gasteiger partial charge in [0.25, 0.3) is 0 Å². The molecule has 0 saturated heterocycles. The van der Waals surface area contributed by atoms with E-state index in [1.807, 2.05) is 63.4 Å². The number of nitrogens with zero attached hydrogens (tertiary/aromatic N) is 3. The summed E-state index contributed by atoms with van der Waals surface area (Å²) in [5.41, 5.74) is 6.76. The molecule has 0 atom stereocenters. The highest BCUT2D eigenvalue weighted by atomic mass is 16.6. The summed E-state index contributed by atoms with van der Waals surface area (Å²) in [4.78, 5) is 22.1. The molecule has 6 nitrogen and oxygen atoms in total. The molecule has 1 aliphatic rings.